The van der Waals surface area contributed by atoms with Crippen molar-refractivity contribution in [3.8, 4) is 0 Å². The van der Waals surface area contributed by atoms with Crippen LogP contribution in [0.2, 0.25) is 5.02 Å². The highest BCUT2D eigenvalue weighted by molar-refractivity contribution is 6.30. The Bertz CT molecular complexity index is 335. The summed E-state index contributed by atoms with van der Waals surface area (Å²) in [5, 5.41) is 4.23. The van der Waals surface area contributed by atoms with E-state index in [1.54, 1.807) is 7.11 Å². The molecule has 0 aliphatic rings. The van der Waals surface area contributed by atoms with Crippen molar-refractivity contribution in [1.29, 1.82) is 0 Å². The molecule has 1 aromatic carbocycles. The summed E-state index contributed by atoms with van der Waals surface area (Å²) in [6, 6.07) is 8.13. The van der Waals surface area contributed by atoms with Crippen LogP contribution in [0.25, 0.3) is 0 Å². The number of hydrogen-bond acceptors (Lipinski definition) is 2. The molecule has 0 saturated carbocycles. The van der Waals surface area contributed by atoms with Crippen molar-refractivity contribution in [2.45, 2.75) is 26.7 Å². The highest BCUT2D eigenvalue weighted by atomic mass is 35.5. The summed E-state index contributed by atoms with van der Waals surface area (Å²) in [6.45, 7) is 7.30. The third-order valence-corrected chi connectivity index (χ3v) is 3.34. The van der Waals surface area contributed by atoms with Gasteiger partial charge in [0.15, 0.2) is 0 Å². The van der Waals surface area contributed by atoms with Crippen LogP contribution in [0.5, 0.6) is 0 Å². The zero-order chi connectivity index (χ0) is 13.4. The van der Waals surface area contributed by atoms with Crippen molar-refractivity contribution in [2.75, 3.05) is 26.8 Å². The Morgan fingerprint density at radius 1 is 1.22 bits per heavy atom. The predicted molar refractivity (Wildman–Crippen MR) is 78.3 cm³/mol. The second-order valence-corrected chi connectivity index (χ2v) is 5.90. The van der Waals surface area contributed by atoms with Crippen LogP contribution in [0.15, 0.2) is 24.3 Å². The lowest BCUT2D eigenvalue weighted by Crippen LogP contribution is -2.31. The second-order valence-electron chi connectivity index (χ2n) is 5.46. The molecule has 0 aromatic heterocycles. The third-order valence-electron chi connectivity index (χ3n) is 3.09. The molecule has 0 radical (unpaired) electrons. The zero-order valence-electron chi connectivity index (χ0n) is 11.6. The molecule has 0 saturated heterocycles. The standard InChI is InChI=1S/C15H24ClNO/c1-15(2,12-17-10-11-18-3)9-8-13-4-6-14(16)7-5-13/h4-7,17H,8-12H2,1-3H3. The van der Waals surface area contributed by atoms with E-state index in [9.17, 15) is 0 Å². The third kappa shape index (κ3) is 6.39. The number of hydrogen-bond donors (Lipinski definition) is 1. The van der Waals surface area contributed by atoms with Gasteiger partial charge in [-0.1, -0.05) is 37.6 Å². The van der Waals surface area contributed by atoms with E-state index in [0.29, 0.717) is 5.41 Å². The molecule has 2 nitrogen and oxygen atoms in total. The number of nitrogens with one attached hydrogen (secondary N) is 1. The average Bonchev–Trinajstić information content (AvgIpc) is 2.34. The summed E-state index contributed by atoms with van der Waals surface area (Å²) >= 11 is 5.88. The van der Waals surface area contributed by atoms with Crippen LogP contribution in [0.3, 0.4) is 0 Å². The molecule has 0 unspecified atom stereocenters. The Morgan fingerprint density at radius 2 is 1.89 bits per heavy atom. The van der Waals surface area contributed by atoms with Gasteiger partial charge in [-0.2, -0.15) is 0 Å². The van der Waals surface area contributed by atoms with Gasteiger partial charge in [-0.15, -0.1) is 0 Å². The van der Waals surface area contributed by atoms with E-state index in [1.807, 2.05) is 12.1 Å². The van der Waals surface area contributed by atoms with Crippen molar-refractivity contribution in [3.63, 3.8) is 0 Å². The van der Waals surface area contributed by atoms with Gasteiger partial charge in [0, 0.05) is 25.2 Å². The molecule has 0 aliphatic carbocycles. The molecular weight excluding hydrogens is 246 g/mol. The van der Waals surface area contributed by atoms with Crippen molar-refractivity contribution >= 4 is 11.6 Å². The van der Waals surface area contributed by atoms with E-state index in [0.717, 1.165) is 37.6 Å². The first kappa shape index (κ1) is 15.5. The van der Waals surface area contributed by atoms with Crippen molar-refractivity contribution < 1.29 is 4.74 Å². The van der Waals surface area contributed by atoms with Crippen LogP contribution in [-0.2, 0) is 11.2 Å². The number of ether oxygens (including phenoxy) is 1. The molecule has 1 aromatic rings. The summed E-state index contributed by atoms with van der Waals surface area (Å²) < 4.78 is 5.02. The van der Waals surface area contributed by atoms with Gasteiger partial charge >= 0.3 is 0 Å². The summed E-state index contributed by atoms with van der Waals surface area (Å²) in [5.41, 5.74) is 1.65. The van der Waals surface area contributed by atoms with Gasteiger partial charge < -0.3 is 10.1 Å². The predicted octanol–water partition coefficient (Wildman–Crippen LogP) is 3.53. The van der Waals surface area contributed by atoms with Gasteiger partial charge in [0.2, 0.25) is 0 Å². The first-order valence-electron chi connectivity index (χ1n) is 6.48. The van der Waals surface area contributed by atoms with Crippen LogP contribution in [0, 0.1) is 5.41 Å². The molecular formula is C15H24ClNO. The van der Waals surface area contributed by atoms with Crippen molar-refractivity contribution in [3.05, 3.63) is 34.9 Å². The molecule has 0 amide bonds. The lowest BCUT2D eigenvalue weighted by molar-refractivity contribution is 0.193. The van der Waals surface area contributed by atoms with Crippen LogP contribution in [-0.4, -0.2) is 26.8 Å². The van der Waals surface area contributed by atoms with E-state index in [-0.39, 0.29) is 0 Å². The molecule has 3 heteroatoms. The Labute approximate surface area is 116 Å². The Hall–Kier alpha value is -0.570. The van der Waals surface area contributed by atoms with Gasteiger partial charge in [-0.3, -0.25) is 0 Å². The quantitative estimate of drug-likeness (QED) is 0.729. The van der Waals surface area contributed by atoms with Gasteiger partial charge in [0.05, 0.1) is 6.61 Å². The van der Waals surface area contributed by atoms with E-state index < -0.39 is 0 Å². The summed E-state index contributed by atoms with van der Waals surface area (Å²) in [7, 11) is 1.73. The van der Waals surface area contributed by atoms with Crippen molar-refractivity contribution in [2.24, 2.45) is 5.41 Å². The fourth-order valence-electron chi connectivity index (χ4n) is 1.82. The van der Waals surface area contributed by atoms with E-state index in [2.05, 4.69) is 31.3 Å². The lowest BCUT2D eigenvalue weighted by atomic mass is 9.86. The number of halogens is 1. The largest absolute Gasteiger partial charge is 0.383 e. The first-order valence-corrected chi connectivity index (χ1v) is 6.85. The van der Waals surface area contributed by atoms with Crippen LogP contribution < -0.4 is 5.32 Å². The Morgan fingerprint density at radius 3 is 2.50 bits per heavy atom. The van der Waals surface area contributed by atoms with Gasteiger partial charge in [-0.25, -0.2) is 0 Å². The maximum atomic E-state index is 5.88. The maximum Gasteiger partial charge on any atom is 0.0587 e. The summed E-state index contributed by atoms with van der Waals surface area (Å²) in [5.74, 6) is 0. The Balaban J connectivity index is 2.29. The summed E-state index contributed by atoms with van der Waals surface area (Å²) in [6.07, 6.45) is 2.25. The Kier molecular flexibility index (Phi) is 6.69. The van der Waals surface area contributed by atoms with Gasteiger partial charge in [0.1, 0.15) is 0 Å². The SMILES string of the molecule is COCCNCC(C)(C)CCc1ccc(Cl)cc1. The topological polar surface area (TPSA) is 21.3 Å². The van der Waals surface area contributed by atoms with Crippen LogP contribution in [0.1, 0.15) is 25.8 Å². The van der Waals surface area contributed by atoms with Gasteiger partial charge in [-0.05, 0) is 36.0 Å². The van der Waals surface area contributed by atoms with Crippen LogP contribution in [0.4, 0.5) is 0 Å². The highest BCUT2D eigenvalue weighted by Gasteiger charge is 2.16. The molecule has 0 atom stereocenters. The smallest absolute Gasteiger partial charge is 0.0587 e. The molecule has 18 heavy (non-hydrogen) atoms. The monoisotopic (exact) mass is 269 g/mol. The molecule has 102 valence electrons. The molecule has 1 rings (SSSR count). The van der Waals surface area contributed by atoms with Gasteiger partial charge in [0.25, 0.3) is 0 Å². The molecule has 0 heterocycles. The molecule has 0 fully saturated rings. The summed E-state index contributed by atoms with van der Waals surface area (Å²) in [4.78, 5) is 0. The number of methoxy groups -OCH3 is 1. The minimum atomic E-state index is 0.299. The molecule has 1 N–H and O–H groups in total. The fourth-order valence-corrected chi connectivity index (χ4v) is 1.95. The number of rotatable bonds is 8. The van der Waals surface area contributed by atoms with Crippen LogP contribution >= 0.6 is 11.6 Å². The minimum absolute atomic E-state index is 0.299. The average molecular weight is 270 g/mol. The number of benzene rings is 1. The zero-order valence-corrected chi connectivity index (χ0v) is 12.4. The minimum Gasteiger partial charge on any atom is -0.383 e. The number of aryl methyl sites for hydroxylation is 1. The normalized spacial score (nSPS) is 11.8. The van der Waals surface area contributed by atoms with E-state index in [1.165, 1.54) is 5.56 Å². The lowest BCUT2D eigenvalue weighted by Gasteiger charge is -2.25. The van der Waals surface area contributed by atoms with E-state index in [4.69, 9.17) is 16.3 Å². The maximum absolute atomic E-state index is 5.88. The fraction of sp³-hybridized carbons (Fsp3) is 0.600. The van der Waals surface area contributed by atoms with Crippen molar-refractivity contribution in [1.82, 2.24) is 5.32 Å². The second kappa shape index (κ2) is 7.78. The van der Waals surface area contributed by atoms with E-state index >= 15 is 0 Å². The first-order chi connectivity index (χ1) is 8.53. The molecule has 0 spiro atoms. The highest BCUT2D eigenvalue weighted by Crippen LogP contribution is 2.22. The molecule has 0 bridgehead atoms. The molecule has 0 aliphatic heterocycles.